The summed E-state index contributed by atoms with van der Waals surface area (Å²) in [5.41, 5.74) is 4.54. The second kappa shape index (κ2) is 7.66. The van der Waals surface area contributed by atoms with Gasteiger partial charge in [0.15, 0.2) is 0 Å². The molecule has 1 aliphatic rings. The lowest BCUT2D eigenvalue weighted by Gasteiger charge is -2.36. The molecule has 0 unspecified atom stereocenters. The van der Waals surface area contributed by atoms with Gasteiger partial charge in [-0.2, -0.15) is 0 Å². The van der Waals surface area contributed by atoms with Gasteiger partial charge in [-0.05, 0) is 55.3 Å². The Morgan fingerprint density at radius 1 is 1.04 bits per heavy atom. The van der Waals surface area contributed by atoms with Crippen molar-refractivity contribution in [2.24, 2.45) is 0 Å². The first-order valence-corrected chi connectivity index (χ1v) is 8.62. The van der Waals surface area contributed by atoms with E-state index in [0.717, 1.165) is 26.2 Å². The van der Waals surface area contributed by atoms with Gasteiger partial charge in [-0.1, -0.05) is 12.1 Å². The van der Waals surface area contributed by atoms with E-state index < -0.39 is 0 Å². The highest BCUT2D eigenvalue weighted by molar-refractivity contribution is 5.92. The molecule has 4 nitrogen and oxygen atoms in total. The summed E-state index contributed by atoms with van der Waals surface area (Å²) in [7, 11) is 0. The SMILES string of the molecule is Cc1cccc(N2CCN(CC(=O)Nc3ccc(F)cc3)CC2)c1C. The van der Waals surface area contributed by atoms with Gasteiger partial charge >= 0.3 is 0 Å². The first kappa shape index (κ1) is 17.4. The molecule has 0 bridgehead atoms. The highest BCUT2D eigenvalue weighted by atomic mass is 19.1. The van der Waals surface area contributed by atoms with Crippen molar-refractivity contribution in [3.05, 3.63) is 59.4 Å². The molecule has 132 valence electrons. The van der Waals surface area contributed by atoms with Crippen LogP contribution in [0.25, 0.3) is 0 Å². The van der Waals surface area contributed by atoms with Crippen LogP contribution in [0.5, 0.6) is 0 Å². The molecule has 2 aromatic carbocycles. The average molecular weight is 341 g/mol. The number of rotatable bonds is 4. The van der Waals surface area contributed by atoms with Crippen molar-refractivity contribution in [2.75, 3.05) is 42.9 Å². The summed E-state index contributed by atoms with van der Waals surface area (Å²) in [6.07, 6.45) is 0. The van der Waals surface area contributed by atoms with E-state index in [0.29, 0.717) is 12.2 Å². The zero-order valence-electron chi connectivity index (χ0n) is 14.8. The van der Waals surface area contributed by atoms with Gasteiger partial charge in [0, 0.05) is 37.6 Å². The lowest BCUT2D eigenvalue weighted by atomic mass is 10.1. The van der Waals surface area contributed by atoms with E-state index in [1.54, 1.807) is 12.1 Å². The van der Waals surface area contributed by atoms with Crippen molar-refractivity contribution >= 4 is 17.3 Å². The van der Waals surface area contributed by atoms with Gasteiger partial charge < -0.3 is 10.2 Å². The van der Waals surface area contributed by atoms with Gasteiger partial charge in [0.2, 0.25) is 5.91 Å². The van der Waals surface area contributed by atoms with E-state index in [2.05, 4.69) is 47.2 Å². The molecule has 2 aromatic rings. The van der Waals surface area contributed by atoms with Crippen LogP contribution in [0.4, 0.5) is 15.8 Å². The molecule has 0 spiro atoms. The highest BCUT2D eigenvalue weighted by Crippen LogP contribution is 2.23. The monoisotopic (exact) mass is 341 g/mol. The van der Waals surface area contributed by atoms with Crippen molar-refractivity contribution in [1.82, 2.24) is 4.90 Å². The zero-order chi connectivity index (χ0) is 17.8. The van der Waals surface area contributed by atoms with E-state index in [-0.39, 0.29) is 11.7 Å². The number of hydrogen-bond donors (Lipinski definition) is 1. The molecular weight excluding hydrogens is 317 g/mol. The Bertz CT molecular complexity index is 737. The van der Waals surface area contributed by atoms with E-state index in [9.17, 15) is 9.18 Å². The van der Waals surface area contributed by atoms with Crippen molar-refractivity contribution in [1.29, 1.82) is 0 Å². The number of amides is 1. The summed E-state index contributed by atoms with van der Waals surface area (Å²) in [6.45, 7) is 8.18. The van der Waals surface area contributed by atoms with Crippen LogP contribution in [0.2, 0.25) is 0 Å². The van der Waals surface area contributed by atoms with Crippen LogP contribution in [0, 0.1) is 19.7 Å². The number of halogens is 1. The lowest BCUT2D eigenvalue weighted by molar-refractivity contribution is -0.117. The molecule has 1 amide bonds. The average Bonchev–Trinajstić information content (AvgIpc) is 2.60. The maximum atomic E-state index is 12.9. The summed E-state index contributed by atoms with van der Waals surface area (Å²) >= 11 is 0. The zero-order valence-corrected chi connectivity index (χ0v) is 14.8. The predicted octanol–water partition coefficient (Wildman–Crippen LogP) is 3.20. The van der Waals surface area contributed by atoms with Gasteiger partial charge in [0.1, 0.15) is 5.82 Å². The maximum Gasteiger partial charge on any atom is 0.238 e. The highest BCUT2D eigenvalue weighted by Gasteiger charge is 2.20. The van der Waals surface area contributed by atoms with Gasteiger partial charge in [0.25, 0.3) is 0 Å². The Morgan fingerprint density at radius 2 is 1.72 bits per heavy atom. The second-order valence-electron chi connectivity index (χ2n) is 6.54. The van der Waals surface area contributed by atoms with Gasteiger partial charge in [0.05, 0.1) is 6.54 Å². The summed E-state index contributed by atoms with van der Waals surface area (Å²) in [6, 6.07) is 12.2. The van der Waals surface area contributed by atoms with E-state index in [4.69, 9.17) is 0 Å². The Hall–Kier alpha value is -2.40. The minimum atomic E-state index is -0.305. The number of piperazine rings is 1. The standard InChI is InChI=1S/C20H24FN3O/c1-15-4-3-5-19(16(15)2)24-12-10-23(11-13-24)14-20(25)22-18-8-6-17(21)7-9-18/h3-9H,10-14H2,1-2H3,(H,22,25). The number of carbonyl (C=O) groups is 1. The van der Waals surface area contributed by atoms with Crippen LogP contribution in [-0.2, 0) is 4.79 Å². The number of nitrogens with zero attached hydrogens (tertiary/aromatic N) is 2. The van der Waals surface area contributed by atoms with E-state index in [1.807, 2.05) is 0 Å². The summed E-state index contributed by atoms with van der Waals surface area (Å²) in [4.78, 5) is 16.7. The third-order valence-electron chi connectivity index (χ3n) is 4.78. The predicted molar refractivity (Wildman–Crippen MR) is 99.6 cm³/mol. The smallest absolute Gasteiger partial charge is 0.238 e. The van der Waals surface area contributed by atoms with Crippen molar-refractivity contribution in [3.8, 4) is 0 Å². The molecule has 1 N–H and O–H groups in total. The molecule has 0 aliphatic carbocycles. The Morgan fingerprint density at radius 3 is 2.40 bits per heavy atom. The summed E-state index contributed by atoms with van der Waals surface area (Å²) < 4.78 is 12.9. The van der Waals surface area contributed by atoms with Crippen molar-refractivity contribution in [3.63, 3.8) is 0 Å². The number of anilines is 2. The van der Waals surface area contributed by atoms with Gasteiger partial charge in [-0.25, -0.2) is 4.39 Å². The van der Waals surface area contributed by atoms with Crippen LogP contribution in [0.3, 0.4) is 0 Å². The normalized spacial score (nSPS) is 15.2. The Kier molecular flexibility index (Phi) is 5.34. The van der Waals surface area contributed by atoms with Crippen molar-refractivity contribution < 1.29 is 9.18 Å². The fraction of sp³-hybridized carbons (Fsp3) is 0.350. The molecule has 1 heterocycles. The molecule has 5 heteroatoms. The Labute approximate surface area is 148 Å². The van der Waals surface area contributed by atoms with Crippen LogP contribution < -0.4 is 10.2 Å². The number of benzene rings is 2. The minimum absolute atomic E-state index is 0.0632. The molecular formula is C20H24FN3O. The molecule has 0 saturated carbocycles. The van der Waals surface area contributed by atoms with Crippen LogP contribution >= 0.6 is 0 Å². The second-order valence-corrected chi connectivity index (χ2v) is 6.54. The molecule has 0 radical (unpaired) electrons. The van der Waals surface area contributed by atoms with Crippen LogP contribution in [-0.4, -0.2) is 43.5 Å². The number of aryl methyl sites for hydroxylation is 1. The quantitative estimate of drug-likeness (QED) is 0.928. The van der Waals surface area contributed by atoms with E-state index >= 15 is 0 Å². The topological polar surface area (TPSA) is 35.6 Å². The van der Waals surface area contributed by atoms with Gasteiger partial charge in [-0.15, -0.1) is 0 Å². The molecule has 1 fully saturated rings. The molecule has 25 heavy (non-hydrogen) atoms. The fourth-order valence-electron chi connectivity index (χ4n) is 3.16. The molecule has 1 aliphatic heterocycles. The largest absolute Gasteiger partial charge is 0.369 e. The lowest BCUT2D eigenvalue weighted by Crippen LogP contribution is -2.48. The first-order chi connectivity index (χ1) is 12.0. The minimum Gasteiger partial charge on any atom is -0.369 e. The number of hydrogen-bond acceptors (Lipinski definition) is 3. The van der Waals surface area contributed by atoms with Crippen LogP contribution in [0.15, 0.2) is 42.5 Å². The third-order valence-corrected chi connectivity index (χ3v) is 4.78. The van der Waals surface area contributed by atoms with Gasteiger partial charge in [-0.3, -0.25) is 9.69 Å². The maximum absolute atomic E-state index is 12.9. The molecule has 3 rings (SSSR count). The Balaban J connectivity index is 1.51. The first-order valence-electron chi connectivity index (χ1n) is 8.62. The molecule has 1 saturated heterocycles. The molecule has 0 aromatic heterocycles. The van der Waals surface area contributed by atoms with E-state index in [1.165, 1.54) is 28.9 Å². The summed E-state index contributed by atoms with van der Waals surface area (Å²) in [5.74, 6) is -0.368. The third kappa shape index (κ3) is 4.37. The fourth-order valence-corrected chi connectivity index (χ4v) is 3.16. The summed E-state index contributed by atoms with van der Waals surface area (Å²) in [5, 5.41) is 2.82. The van der Waals surface area contributed by atoms with Crippen molar-refractivity contribution in [2.45, 2.75) is 13.8 Å². The number of nitrogens with one attached hydrogen (secondary N) is 1. The number of carbonyl (C=O) groups excluding carboxylic acids is 1. The van der Waals surface area contributed by atoms with Crippen LogP contribution in [0.1, 0.15) is 11.1 Å². The molecule has 0 atom stereocenters.